The lowest BCUT2D eigenvalue weighted by Gasteiger charge is -2.48. The molecule has 0 amide bonds. The molecular weight excluding hydrogens is 398 g/mol. The molecule has 2 fully saturated rings. The number of nitrogens with two attached hydrogens (primary N) is 1. The molecule has 1 aromatic heterocycles. The van der Waals surface area contributed by atoms with Gasteiger partial charge in [-0.25, -0.2) is 9.98 Å². The van der Waals surface area contributed by atoms with Gasteiger partial charge in [0.25, 0.3) is 0 Å². The molecule has 2 saturated heterocycles. The van der Waals surface area contributed by atoms with Crippen molar-refractivity contribution in [3.8, 4) is 11.1 Å². The van der Waals surface area contributed by atoms with Crippen LogP contribution in [0.2, 0.25) is 0 Å². The van der Waals surface area contributed by atoms with Crippen molar-refractivity contribution in [3.05, 3.63) is 48.2 Å². The number of rotatable bonds is 4. The number of anilines is 1. The minimum Gasteiger partial charge on any atom is -0.387 e. The normalized spacial score (nSPS) is 19.8. The number of piperazine rings is 1. The van der Waals surface area contributed by atoms with Crippen LogP contribution in [0.25, 0.3) is 22.2 Å². The second-order valence-electron chi connectivity index (χ2n) is 9.08. The summed E-state index contributed by atoms with van der Waals surface area (Å²) in [7, 11) is 0. The van der Waals surface area contributed by atoms with Crippen molar-refractivity contribution in [2.24, 2.45) is 10.7 Å². The van der Waals surface area contributed by atoms with Gasteiger partial charge in [-0.15, -0.1) is 0 Å². The van der Waals surface area contributed by atoms with Crippen LogP contribution in [-0.2, 0) is 6.42 Å². The molecule has 0 spiro atoms. The third kappa shape index (κ3) is 3.51. The fourth-order valence-electron chi connectivity index (χ4n) is 5.04. The lowest BCUT2D eigenvalue weighted by Crippen LogP contribution is -2.63. The first-order valence-corrected chi connectivity index (χ1v) is 11.6. The van der Waals surface area contributed by atoms with Crippen LogP contribution in [-0.4, -0.2) is 77.5 Å². The van der Waals surface area contributed by atoms with Gasteiger partial charge in [-0.05, 0) is 41.4 Å². The predicted molar refractivity (Wildman–Crippen MR) is 130 cm³/mol. The summed E-state index contributed by atoms with van der Waals surface area (Å²) in [5.41, 5.74) is 12.2. The van der Waals surface area contributed by atoms with Gasteiger partial charge < -0.3 is 15.5 Å². The second-order valence-corrected chi connectivity index (χ2v) is 9.08. The Balaban J connectivity index is 1.19. The number of nitrogens with zero attached hydrogens (tertiary/aromatic N) is 6. The maximum absolute atomic E-state index is 5.90. The summed E-state index contributed by atoms with van der Waals surface area (Å²) in [6, 6.07) is 13.3. The van der Waals surface area contributed by atoms with E-state index in [1.54, 1.807) is 0 Å². The Bertz CT molecular complexity index is 1190. The maximum atomic E-state index is 5.90. The van der Waals surface area contributed by atoms with Gasteiger partial charge in [0, 0.05) is 51.7 Å². The smallest absolute Gasteiger partial charge is 0.147 e. The van der Waals surface area contributed by atoms with Gasteiger partial charge in [0.15, 0.2) is 0 Å². The molecular formula is C25H29N7. The molecule has 2 N–H and O–H groups in total. The van der Waals surface area contributed by atoms with Gasteiger partial charge in [0.05, 0.1) is 22.9 Å². The molecule has 0 unspecified atom stereocenters. The van der Waals surface area contributed by atoms with Gasteiger partial charge >= 0.3 is 0 Å². The van der Waals surface area contributed by atoms with Gasteiger partial charge in [0.2, 0.25) is 0 Å². The molecule has 32 heavy (non-hydrogen) atoms. The average Bonchev–Trinajstić information content (AvgIpc) is 3.17. The van der Waals surface area contributed by atoms with Crippen molar-refractivity contribution in [2.75, 3.05) is 50.7 Å². The number of hydrogen-bond donors (Lipinski definition) is 1. The molecule has 0 radical (unpaired) electrons. The van der Waals surface area contributed by atoms with Crippen molar-refractivity contribution in [3.63, 3.8) is 0 Å². The molecule has 0 bridgehead atoms. The average molecular weight is 428 g/mol. The summed E-state index contributed by atoms with van der Waals surface area (Å²) in [4.78, 5) is 21.6. The van der Waals surface area contributed by atoms with E-state index in [9.17, 15) is 0 Å². The first-order chi connectivity index (χ1) is 15.7. The van der Waals surface area contributed by atoms with Crippen molar-refractivity contribution >= 4 is 28.4 Å². The number of hydrogen-bond acceptors (Lipinski definition) is 7. The lowest BCUT2D eigenvalue weighted by atomic mass is 10.0. The Kier molecular flexibility index (Phi) is 4.81. The first kappa shape index (κ1) is 19.6. The highest BCUT2D eigenvalue weighted by Crippen LogP contribution is 2.32. The minimum atomic E-state index is 0.636. The molecule has 3 aromatic rings. The van der Waals surface area contributed by atoms with Crippen LogP contribution in [0.15, 0.2) is 47.6 Å². The van der Waals surface area contributed by atoms with Crippen molar-refractivity contribution in [1.29, 1.82) is 0 Å². The number of aliphatic imine (C=N–C) groups is 1. The van der Waals surface area contributed by atoms with E-state index in [1.807, 2.05) is 6.20 Å². The van der Waals surface area contributed by atoms with Crippen LogP contribution < -0.4 is 10.6 Å². The molecule has 6 rings (SSSR count). The fraction of sp³-hybridized carbons (Fsp3) is 0.400. The SMILES string of the molecule is CCN1CCN(C2CN(c3cnc4ccc(-c5ccc6c(c5)N=C(N)C6)cc4n3)C2)CC1. The zero-order valence-corrected chi connectivity index (χ0v) is 18.5. The predicted octanol–water partition coefficient (Wildman–Crippen LogP) is 2.67. The zero-order chi connectivity index (χ0) is 21.7. The van der Waals surface area contributed by atoms with Crippen LogP contribution in [0.5, 0.6) is 0 Å². The quantitative estimate of drug-likeness (QED) is 0.690. The summed E-state index contributed by atoms with van der Waals surface area (Å²) in [6.07, 6.45) is 2.66. The standard InChI is InChI=1S/C25H29N7/c1-2-30-7-9-31(10-8-30)20-15-32(16-20)25-14-27-21-6-5-18(12-23(21)29-25)17-3-4-19-13-24(26)28-22(19)11-17/h3-6,11-12,14,20H,2,7-10,13,15-16H2,1H3,(H2,26,28). The van der Waals surface area contributed by atoms with Crippen molar-refractivity contribution < 1.29 is 0 Å². The minimum absolute atomic E-state index is 0.636. The van der Waals surface area contributed by atoms with E-state index < -0.39 is 0 Å². The largest absolute Gasteiger partial charge is 0.387 e. The first-order valence-electron chi connectivity index (χ1n) is 11.6. The molecule has 7 nitrogen and oxygen atoms in total. The van der Waals surface area contributed by atoms with Gasteiger partial charge in [-0.2, -0.15) is 0 Å². The number of amidine groups is 1. The summed E-state index contributed by atoms with van der Waals surface area (Å²) in [5.74, 6) is 1.66. The van der Waals surface area contributed by atoms with Crippen molar-refractivity contribution in [2.45, 2.75) is 19.4 Å². The zero-order valence-electron chi connectivity index (χ0n) is 18.5. The Morgan fingerprint density at radius 3 is 2.56 bits per heavy atom. The van der Waals surface area contributed by atoms with Gasteiger partial charge in [0.1, 0.15) is 11.7 Å². The molecule has 0 aliphatic carbocycles. The molecule has 2 aromatic carbocycles. The molecule has 0 atom stereocenters. The number of fused-ring (bicyclic) bond motifs is 2. The highest BCUT2D eigenvalue weighted by atomic mass is 15.4. The van der Waals surface area contributed by atoms with E-state index in [2.05, 4.69) is 68.0 Å². The van der Waals surface area contributed by atoms with E-state index in [1.165, 1.54) is 31.7 Å². The Labute approximate surface area is 188 Å². The van der Waals surface area contributed by atoms with E-state index >= 15 is 0 Å². The van der Waals surface area contributed by atoms with Crippen LogP contribution in [0.4, 0.5) is 11.5 Å². The Hall–Kier alpha value is -3.03. The summed E-state index contributed by atoms with van der Waals surface area (Å²) < 4.78 is 0. The van der Waals surface area contributed by atoms with Crippen LogP contribution in [0, 0.1) is 0 Å². The van der Waals surface area contributed by atoms with Gasteiger partial charge in [-0.3, -0.25) is 9.88 Å². The third-order valence-electron chi connectivity index (χ3n) is 7.14. The number of aromatic nitrogens is 2. The lowest BCUT2D eigenvalue weighted by molar-refractivity contribution is 0.0859. The summed E-state index contributed by atoms with van der Waals surface area (Å²) in [6.45, 7) is 10.2. The highest BCUT2D eigenvalue weighted by Gasteiger charge is 2.34. The molecule has 7 heteroatoms. The fourth-order valence-corrected chi connectivity index (χ4v) is 5.04. The van der Waals surface area contributed by atoms with Crippen molar-refractivity contribution in [1.82, 2.24) is 19.8 Å². The molecule has 0 saturated carbocycles. The highest BCUT2D eigenvalue weighted by molar-refractivity contribution is 5.92. The van der Waals surface area contributed by atoms with Gasteiger partial charge in [-0.1, -0.05) is 25.1 Å². The molecule has 4 heterocycles. The van der Waals surface area contributed by atoms with E-state index in [4.69, 9.17) is 10.7 Å². The molecule has 3 aliphatic rings. The van der Waals surface area contributed by atoms with E-state index in [0.717, 1.165) is 59.7 Å². The van der Waals surface area contributed by atoms with Crippen LogP contribution in [0.1, 0.15) is 12.5 Å². The second kappa shape index (κ2) is 7.83. The van der Waals surface area contributed by atoms with E-state index in [-0.39, 0.29) is 0 Å². The number of likely N-dealkylation sites (N-methyl/N-ethyl adjacent to an activating group) is 1. The Morgan fingerprint density at radius 1 is 0.969 bits per heavy atom. The third-order valence-corrected chi connectivity index (χ3v) is 7.14. The number of benzene rings is 2. The molecule has 3 aliphatic heterocycles. The topological polar surface area (TPSA) is 73.9 Å². The monoisotopic (exact) mass is 427 g/mol. The summed E-state index contributed by atoms with van der Waals surface area (Å²) >= 11 is 0. The molecule has 164 valence electrons. The summed E-state index contributed by atoms with van der Waals surface area (Å²) in [5, 5.41) is 0. The van der Waals surface area contributed by atoms with E-state index in [0.29, 0.717) is 11.9 Å². The van der Waals surface area contributed by atoms with Crippen LogP contribution >= 0.6 is 0 Å². The Morgan fingerprint density at radius 2 is 1.75 bits per heavy atom. The van der Waals surface area contributed by atoms with Crippen LogP contribution in [0.3, 0.4) is 0 Å². The maximum Gasteiger partial charge on any atom is 0.147 e.